The number of allylic oxidation sites excluding steroid dienone is 1. The fraction of sp³-hybridized carbons (Fsp3) is 0.385. The average Bonchev–Trinajstić information content (AvgIpc) is 2.63. The van der Waals surface area contributed by atoms with Crippen LogP contribution in [0.4, 0.5) is 0 Å². The molecule has 1 heterocycles. The summed E-state index contributed by atoms with van der Waals surface area (Å²) in [6.45, 7) is 9.64. The second kappa shape index (κ2) is 6.03. The van der Waals surface area contributed by atoms with Crippen LogP contribution in [0.2, 0.25) is 0 Å². The van der Waals surface area contributed by atoms with Crippen molar-refractivity contribution < 1.29 is 9.53 Å². The second-order valence-electron chi connectivity index (χ2n) is 3.49. The van der Waals surface area contributed by atoms with Crippen LogP contribution < -0.4 is 0 Å². The summed E-state index contributed by atoms with van der Waals surface area (Å²) in [7, 11) is 0. The summed E-state index contributed by atoms with van der Waals surface area (Å²) in [4.78, 5) is 16.1. The molecule has 0 saturated heterocycles. The number of esters is 1. The lowest BCUT2D eigenvalue weighted by Crippen LogP contribution is -2.11. The first-order valence-corrected chi connectivity index (χ1v) is 5.70. The van der Waals surface area contributed by atoms with Gasteiger partial charge >= 0.3 is 5.97 Å². The molecule has 1 rings (SSSR count). The molecule has 0 saturated carbocycles. The molecule has 0 unspecified atom stereocenters. The lowest BCUT2D eigenvalue weighted by Gasteiger charge is -2.05. The molecule has 0 N–H and O–H groups in total. The van der Waals surface area contributed by atoms with Gasteiger partial charge in [0, 0.05) is 6.20 Å². The van der Waals surface area contributed by atoms with Crippen LogP contribution in [0, 0.1) is 6.92 Å². The number of imidazole rings is 1. The number of ether oxygens (including phenoxy) is 1. The maximum absolute atomic E-state index is 11.8. The highest BCUT2D eigenvalue weighted by Crippen LogP contribution is 2.14. The lowest BCUT2D eigenvalue weighted by atomic mass is 10.3. The normalized spacial score (nSPS) is 10.8. The summed E-state index contributed by atoms with van der Waals surface area (Å²) < 4.78 is 6.73. The Hall–Kier alpha value is -1.84. The van der Waals surface area contributed by atoms with Crippen LogP contribution in [0.15, 0.2) is 12.7 Å². The molecule has 0 spiro atoms. The van der Waals surface area contributed by atoms with Crippen LogP contribution in [-0.2, 0) is 4.74 Å². The molecular formula is C13H18N2O2. The molecule has 0 aliphatic rings. The molecule has 0 fully saturated rings. The van der Waals surface area contributed by atoms with E-state index < -0.39 is 0 Å². The first kappa shape index (κ1) is 13.2. The third-order valence-electron chi connectivity index (χ3n) is 2.25. The van der Waals surface area contributed by atoms with Gasteiger partial charge in [-0.1, -0.05) is 19.6 Å². The minimum Gasteiger partial charge on any atom is -0.461 e. The number of carbonyl (C=O) groups is 1. The Labute approximate surface area is 102 Å². The van der Waals surface area contributed by atoms with Crippen molar-refractivity contribution in [3.63, 3.8) is 0 Å². The zero-order chi connectivity index (χ0) is 12.8. The number of hydrogen-bond donors (Lipinski definition) is 0. The fourth-order valence-electron chi connectivity index (χ4n) is 1.52. The average molecular weight is 234 g/mol. The van der Waals surface area contributed by atoms with Crippen LogP contribution in [0.3, 0.4) is 0 Å². The Kier molecular flexibility index (Phi) is 4.69. The van der Waals surface area contributed by atoms with Gasteiger partial charge in [-0.05, 0) is 26.3 Å². The number of aryl methyl sites for hydroxylation is 1. The zero-order valence-electron chi connectivity index (χ0n) is 10.6. The monoisotopic (exact) mass is 234 g/mol. The molecule has 92 valence electrons. The molecule has 17 heavy (non-hydrogen) atoms. The zero-order valence-corrected chi connectivity index (χ0v) is 10.6. The van der Waals surface area contributed by atoms with E-state index in [4.69, 9.17) is 4.74 Å². The highest BCUT2D eigenvalue weighted by Gasteiger charge is 2.19. The van der Waals surface area contributed by atoms with E-state index in [0.717, 1.165) is 6.42 Å². The lowest BCUT2D eigenvalue weighted by molar-refractivity contribution is 0.0516. The van der Waals surface area contributed by atoms with Gasteiger partial charge in [-0.25, -0.2) is 9.78 Å². The van der Waals surface area contributed by atoms with Crippen molar-refractivity contribution in [2.45, 2.75) is 27.2 Å². The summed E-state index contributed by atoms with van der Waals surface area (Å²) in [5, 5.41) is 0. The van der Waals surface area contributed by atoms with Gasteiger partial charge in [0.1, 0.15) is 5.82 Å². The number of rotatable bonds is 5. The molecule has 4 nitrogen and oxygen atoms in total. The summed E-state index contributed by atoms with van der Waals surface area (Å²) >= 11 is 0. The molecule has 1 aromatic heterocycles. The summed E-state index contributed by atoms with van der Waals surface area (Å²) in [5.41, 5.74) is 1.12. The van der Waals surface area contributed by atoms with Crippen molar-refractivity contribution in [2.24, 2.45) is 0 Å². The van der Waals surface area contributed by atoms with Gasteiger partial charge in [0.2, 0.25) is 0 Å². The van der Waals surface area contributed by atoms with Crippen molar-refractivity contribution in [2.75, 3.05) is 6.61 Å². The second-order valence-corrected chi connectivity index (χ2v) is 3.49. The summed E-state index contributed by atoms with van der Waals surface area (Å²) in [6.07, 6.45) is 6.28. The first-order chi connectivity index (χ1) is 8.15. The Bertz CT molecular complexity index is 445. The van der Waals surface area contributed by atoms with E-state index in [9.17, 15) is 4.79 Å². The molecule has 0 aromatic carbocycles. The third-order valence-corrected chi connectivity index (χ3v) is 2.25. The number of nitrogens with zero attached hydrogens (tertiary/aromatic N) is 2. The molecule has 0 aliphatic carbocycles. The van der Waals surface area contributed by atoms with Gasteiger partial charge < -0.3 is 4.74 Å². The molecule has 4 heteroatoms. The molecule has 0 atom stereocenters. The quantitative estimate of drug-likeness (QED) is 0.736. The molecule has 0 radical (unpaired) electrons. The number of hydrogen-bond acceptors (Lipinski definition) is 3. The van der Waals surface area contributed by atoms with Crippen LogP contribution in [0.25, 0.3) is 12.3 Å². The van der Waals surface area contributed by atoms with Gasteiger partial charge in [0.15, 0.2) is 5.69 Å². The molecular weight excluding hydrogens is 216 g/mol. The first-order valence-electron chi connectivity index (χ1n) is 5.70. The van der Waals surface area contributed by atoms with E-state index in [1.165, 1.54) is 0 Å². The van der Waals surface area contributed by atoms with Gasteiger partial charge in [-0.3, -0.25) is 4.57 Å². The van der Waals surface area contributed by atoms with Crippen LogP contribution >= 0.6 is 0 Å². The maximum atomic E-state index is 11.8. The van der Waals surface area contributed by atoms with Gasteiger partial charge in [0.25, 0.3) is 0 Å². The van der Waals surface area contributed by atoms with Crippen molar-refractivity contribution in [1.82, 2.24) is 9.55 Å². The Morgan fingerprint density at radius 2 is 2.24 bits per heavy atom. The van der Waals surface area contributed by atoms with E-state index in [-0.39, 0.29) is 5.97 Å². The SMILES string of the molecule is C=Cc1nc(C)c(C(=O)OCC)n1/C=C\CC. The summed E-state index contributed by atoms with van der Waals surface area (Å²) in [5.74, 6) is 0.293. The largest absolute Gasteiger partial charge is 0.461 e. The summed E-state index contributed by atoms with van der Waals surface area (Å²) in [6, 6.07) is 0. The molecule has 0 amide bonds. The predicted octanol–water partition coefficient (Wildman–Crippen LogP) is 2.89. The fourth-order valence-corrected chi connectivity index (χ4v) is 1.52. The number of aromatic nitrogens is 2. The Morgan fingerprint density at radius 1 is 1.53 bits per heavy atom. The molecule has 0 bridgehead atoms. The van der Waals surface area contributed by atoms with E-state index in [0.29, 0.717) is 23.8 Å². The van der Waals surface area contributed by atoms with Crippen molar-refractivity contribution in [3.8, 4) is 0 Å². The van der Waals surface area contributed by atoms with E-state index in [1.54, 1.807) is 24.5 Å². The number of carbonyl (C=O) groups excluding carboxylic acids is 1. The predicted molar refractivity (Wildman–Crippen MR) is 68.6 cm³/mol. The van der Waals surface area contributed by atoms with Crippen LogP contribution in [0.1, 0.15) is 42.3 Å². The standard InChI is InChI=1S/C13H18N2O2/c1-5-8-9-15-11(6-2)14-10(4)12(15)13(16)17-7-3/h6,8-9H,2,5,7H2,1,3-4H3/b9-8-. The van der Waals surface area contributed by atoms with Crippen molar-refractivity contribution in [3.05, 3.63) is 29.9 Å². The Morgan fingerprint density at radius 3 is 2.76 bits per heavy atom. The van der Waals surface area contributed by atoms with Crippen LogP contribution in [0.5, 0.6) is 0 Å². The van der Waals surface area contributed by atoms with E-state index >= 15 is 0 Å². The van der Waals surface area contributed by atoms with E-state index in [2.05, 4.69) is 11.6 Å². The van der Waals surface area contributed by atoms with Crippen molar-refractivity contribution in [1.29, 1.82) is 0 Å². The van der Waals surface area contributed by atoms with Gasteiger partial charge in [-0.2, -0.15) is 0 Å². The van der Waals surface area contributed by atoms with Gasteiger partial charge in [-0.15, -0.1) is 0 Å². The van der Waals surface area contributed by atoms with Gasteiger partial charge in [0.05, 0.1) is 12.3 Å². The highest BCUT2D eigenvalue weighted by molar-refractivity contribution is 5.90. The smallest absolute Gasteiger partial charge is 0.357 e. The minimum atomic E-state index is -0.355. The Balaban J connectivity index is 3.26. The molecule has 1 aromatic rings. The topological polar surface area (TPSA) is 44.1 Å². The third kappa shape index (κ3) is 2.84. The van der Waals surface area contributed by atoms with E-state index in [1.807, 2.05) is 19.2 Å². The highest BCUT2D eigenvalue weighted by atomic mass is 16.5. The van der Waals surface area contributed by atoms with Crippen molar-refractivity contribution >= 4 is 18.2 Å². The maximum Gasteiger partial charge on any atom is 0.357 e. The molecule has 0 aliphatic heterocycles. The van der Waals surface area contributed by atoms with Crippen LogP contribution in [-0.4, -0.2) is 22.1 Å². The minimum absolute atomic E-state index is 0.352.